The first kappa shape index (κ1) is 22.1. The second-order valence-electron chi connectivity index (χ2n) is 7.22. The molecule has 1 fully saturated rings. The summed E-state index contributed by atoms with van der Waals surface area (Å²) in [4.78, 5) is 25.9. The lowest BCUT2D eigenvalue weighted by molar-refractivity contribution is -0.132. The first-order valence-corrected chi connectivity index (χ1v) is 10.3. The molecule has 0 spiro atoms. The summed E-state index contributed by atoms with van der Waals surface area (Å²) in [6.07, 6.45) is 2.12. The zero-order valence-corrected chi connectivity index (χ0v) is 17.9. The second kappa shape index (κ2) is 11.0. The molecule has 164 valence electrons. The molecular weight excluding hydrogens is 396 g/mol. The van der Waals surface area contributed by atoms with Gasteiger partial charge in [0.1, 0.15) is 11.5 Å². The number of hydrogen-bond acceptors (Lipinski definition) is 6. The molecule has 1 heterocycles. The fraction of sp³-hybridized carbons (Fsp3) is 0.348. The minimum atomic E-state index is -0.262. The molecule has 0 aromatic heterocycles. The normalized spacial score (nSPS) is 13.6. The molecule has 2 amide bonds. The van der Waals surface area contributed by atoms with Crippen LogP contribution < -0.4 is 20.2 Å². The Balaban J connectivity index is 1.44. The van der Waals surface area contributed by atoms with E-state index in [1.54, 1.807) is 19.2 Å². The summed E-state index contributed by atoms with van der Waals surface area (Å²) in [7, 11) is 1.59. The summed E-state index contributed by atoms with van der Waals surface area (Å²) < 4.78 is 10.7. The lowest BCUT2D eigenvalue weighted by Crippen LogP contribution is -2.32. The number of anilines is 1. The van der Waals surface area contributed by atoms with Gasteiger partial charge >= 0.3 is 0 Å². The summed E-state index contributed by atoms with van der Waals surface area (Å²) in [6.45, 7) is 3.57. The van der Waals surface area contributed by atoms with Crippen molar-refractivity contribution in [2.75, 3.05) is 38.7 Å². The third kappa shape index (κ3) is 6.74. The molecule has 2 N–H and O–H groups in total. The van der Waals surface area contributed by atoms with Crippen molar-refractivity contribution >= 4 is 23.2 Å². The van der Waals surface area contributed by atoms with Gasteiger partial charge in [0.25, 0.3) is 11.8 Å². The number of methoxy groups -OCH3 is 1. The molecular formula is C23H28N4O4. The number of nitrogens with zero attached hydrogens (tertiary/aromatic N) is 2. The van der Waals surface area contributed by atoms with Crippen LogP contribution in [-0.4, -0.2) is 55.8 Å². The summed E-state index contributed by atoms with van der Waals surface area (Å²) in [5.74, 6) is 1.09. The van der Waals surface area contributed by atoms with E-state index in [0.717, 1.165) is 37.2 Å². The van der Waals surface area contributed by atoms with Crippen molar-refractivity contribution in [2.45, 2.75) is 19.8 Å². The Morgan fingerprint density at radius 1 is 1.06 bits per heavy atom. The third-order valence-corrected chi connectivity index (χ3v) is 4.96. The van der Waals surface area contributed by atoms with Gasteiger partial charge in [0.15, 0.2) is 6.61 Å². The van der Waals surface area contributed by atoms with E-state index in [4.69, 9.17) is 9.47 Å². The van der Waals surface area contributed by atoms with Crippen molar-refractivity contribution in [3.05, 3.63) is 54.1 Å². The number of rotatable bonds is 9. The van der Waals surface area contributed by atoms with E-state index in [-0.39, 0.29) is 25.0 Å². The maximum Gasteiger partial charge on any atom is 0.260 e. The number of amides is 2. The zero-order valence-electron chi connectivity index (χ0n) is 17.9. The van der Waals surface area contributed by atoms with E-state index in [1.165, 1.54) is 0 Å². The highest BCUT2D eigenvalue weighted by Crippen LogP contribution is 2.16. The van der Waals surface area contributed by atoms with Gasteiger partial charge in [0.2, 0.25) is 0 Å². The Morgan fingerprint density at radius 2 is 1.81 bits per heavy atom. The van der Waals surface area contributed by atoms with Gasteiger partial charge in [0.05, 0.1) is 19.4 Å². The standard InChI is InChI=1S/C23H28N4O4/c1-17(25-26-22(28)15-24-19-6-5-7-21(14-19)30-2)18-8-10-20(11-9-18)31-16-23(29)27-12-3-4-13-27/h5-11,14,24H,3-4,12-13,15-16H2,1-2H3,(H,26,28)/b25-17-. The Hall–Kier alpha value is -3.55. The first-order chi connectivity index (χ1) is 15.0. The molecule has 0 saturated carbocycles. The van der Waals surface area contributed by atoms with Gasteiger partial charge in [-0.15, -0.1) is 0 Å². The number of carbonyl (C=O) groups is 2. The smallest absolute Gasteiger partial charge is 0.260 e. The number of ether oxygens (including phenoxy) is 2. The Kier molecular flexibility index (Phi) is 7.86. The number of hydrazone groups is 1. The van der Waals surface area contributed by atoms with Gasteiger partial charge in [-0.1, -0.05) is 6.07 Å². The molecule has 8 heteroatoms. The van der Waals surface area contributed by atoms with E-state index < -0.39 is 0 Å². The van der Waals surface area contributed by atoms with Crippen molar-refractivity contribution in [1.82, 2.24) is 10.3 Å². The van der Waals surface area contributed by atoms with E-state index in [0.29, 0.717) is 17.2 Å². The fourth-order valence-corrected chi connectivity index (χ4v) is 3.16. The first-order valence-electron chi connectivity index (χ1n) is 10.3. The predicted octanol–water partition coefficient (Wildman–Crippen LogP) is 2.65. The number of nitrogens with one attached hydrogen (secondary N) is 2. The van der Waals surface area contributed by atoms with E-state index in [2.05, 4.69) is 15.8 Å². The van der Waals surface area contributed by atoms with E-state index in [9.17, 15) is 9.59 Å². The highest BCUT2D eigenvalue weighted by Gasteiger charge is 2.18. The SMILES string of the molecule is COc1cccc(NCC(=O)N/N=C(/C)c2ccc(OCC(=O)N3CCCC3)cc2)c1. The molecule has 1 aliphatic heterocycles. The van der Waals surface area contributed by atoms with Crippen molar-refractivity contribution < 1.29 is 19.1 Å². The summed E-state index contributed by atoms with van der Waals surface area (Å²) in [5.41, 5.74) is 4.83. The number of carbonyl (C=O) groups excluding carboxylic acids is 2. The summed E-state index contributed by atoms with van der Waals surface area (Å²) in [5, 5.41) is 7.17. The lowest BCUT2D eigenvalue weighted by Gasteiger charge is -2.15. The highest BCUT2D eigenvalue weighted by molar-refractivity contribution is 5.99. The second-order valence-corrected chi connectivity index (χ2v) is 7.22. The molecule has 0 unspecified atom stereocenters. The summed E-state index contributed by atoms with van der Waals surface area (Å²) in [6, 6.07) is 14.6. The number of hydrogen-bond donors (Lipinski definition) is 2. The maximum absolute atomic E-state index is 12.1. The van der Waals surface area contributed by atoms with Crippen LogP contribution in [0.4, 0.5) is 5.69 Å². The number of likely N-dealkylation sites (tertiary alicyclic amines) is 1. The van der Waals surface area contributed by atoms with Crippen LogP contribution in [0.1, 0.15) is 25.3 Å². The van der Waals surface area contributed by atoms with Gasteiger partial charge in [-0.2, -0.15) is 5.10 Å². The van der Waals surface area contributed by atoms with Crippen LogP contribution in [0.2, 0.25) is 0 Å². The topological polar surface area (TPSA) is 92.3 Å². The van der Waals surface area contributed by atoms with Crippen LogP contribution in [0, 0.1) is 0 Å². The van der Waals surface area contributed by atoms with Crippen LogP contribution in [0.5, 0.6) is 11.5 Å². The van der Waals surface area contributed by atoms with Crippen molar-refractivity contribution in [3.63, 3.8) is 0 Å². The van der Waals surface area contributed by atoms with Crippen molar-refractivity contribution in [1.29, 1.82) is 0 Å². The van der Waals surface area contributed by atoms with Crippen LogP contribution in [0.3, 0.4) is 0 Å². The largest absolute Gasteiger partial charge is 0.497 e. The molecule has 1 saturated heterocycles. The Bertz CT molecular complexity index is 921. The van der Waals surface area contributed by atoms with Crippen molar-refractivity contribution in [3.8, 4) is 11.5 Å². The molecule has 0 bridgehead atoms. The molecule has 0 aliphatic carbocycles. The Morgan fingerprint density at radius 3 is 2.52 bits per heavy atom. The number of benzene rings is 2. The van der Waals surface area contributed by atoms with Gasteiger partial charge in [0, 0.05) is 24.8 Å². The zero-order chi connectivity index (χ0) is 22.1. The predicted molar refractivity (Wildman–Crippen MR) is 120 cm³/mol. The Labute approximate surface area is 182 Å². The van der Waals surface area contributed by atoms with Gasteiger partial charge in [-0.05, 0) is 61.7 Å². The quantitative estimate of drug-likeness (QED) is 0.477. The highest BCUT2D eigenvalue weighted by atomic mass is 16.5. The van der Waals surface area contributed by atoms with E-state index >= 15 is 0 Å². The van der Waals surface area contributed by atoms with E-state index in [1.807, 2.05) is 48.2 Å². The fourth-order valence-electron chi connectivity index (χ4n) is 3.16. The molecule has 0 atom stereocenters. The maximum atomic E-state index is 12.1. The summed E-state index contributed by atoms with van der Waals surface area (Å²) >= 11 is 0. The third-order valence-electron chi connectivity index (χ3n) is 4.96. The van der Waals surface area contributed by atoms with Crippen LogP contribution >= 0.6 is 0 Å². The monoisotopic (exact) mass is 424 g/mol. The van der Waals surface area contributed by atoms with Gasteiger partial charge in [-0.3, -0.25) is 9.59 Å². The molecule has 0 radical (unpaired) electrons. The van der Waals surface area contributed by atoms with Crippen molar-refractivity contribution in [2.24, 2.45) is 5.10 Å². The molecule has 8 nitrogen and oxygen atoms in total. The average molecular weight is 425 g/mol. The van der Waals surface area contributed by atoms with Crippen LogP contribution in [0.25, 0.3) is 0 Å². The van der Waals surface area contributed by atoms with Crippen LogP contribution in [0.15, 0.2) is 53.6 Å². The molecule has 2 aromatic rings. The minimum Gasteiger partial charge on any atom is -0.497 e. The molecule has 31 heavy (non-hydrogen) atoms. The molecule has 3 rings (SSSR count). The average Bonchev–Trinajstić information content (AvgIpc) is 3.35. The minimum absolute atomic E-state index is 0.0181. The lowest BCUT2D eigenvalue weighted by atomic mass is 10.1. The van der Waals surface area contributed by atoms with Gasteiger partial charge in [-0.25, -0.2) is 5.43 Å². The van der Waals surface area contributed by atoms with Crippen LogP contribution in [-0.2, 0) is 9.59 Å². The molecule has 2 aromatic carbocycles. The van der Waals surface area contributed by atoms with Gasteiger partial charge < -0.3 is 19.7 Å². The molecule has 1 aliphatic rings.